The minimum Gasteiger partial charge on any atom is -0.351 e. The Hall–Kier alpha value is -1.62. The predicted octanol–water partition coefficient (Wildman–Crippen LogP) is 2.69. The van der Waals surface area contributed by atoms with Gasteiger partial charge in [-0.25, -0.2) is 4.68 Å². The van der Waals surface area contributed by atoms with E-state index >= 15 is 0 Å². The van der Waals surface area contributed by atoms with Crippen LogP contribution in [0.25, 0.3) is 5.69 Å². The summed E-state index contributed by atoms with van der Waals surface area (Å²) in [4.78, 5) is 11.7. The summed E-state index contributed by atoms with van der Waals surface area (Å²) in [6.07, 6.45) is 0. The fourth-order valence-corrected chi connectivity index (χ4v) is 2.16. The predicted molar refractivity (Wildman–Crippen MR) is 74.0 cm³/mol. The average Bonchev–Trinajstić information content (AvgIpc) is 2.72. The van der Waals surface area contributed by atoms with Crippen LogP contribution in [-0.2, 0) is 0 Å². The molecular weight excluding hydrogens is 294 g/mol. The molecule has 2 rings (SSSR count). The summed E-state index contributed by atoms with van der Waals surface area (Å²) in [5.74, 6) is -0.147. The maximum absolute atomic E-state index is 11.7. The number of hydrogen-bond donors (Lipinski definition) is 1. The van der Waals surface area contributed by atoms with Crippen molar-refractivity contribution < 1.29 is 4.79 Å². The third-order valence-corrected chi connectivity index (χ3v) is 3.21. The van der Waals surface area contributed by atoms with Crippen molar-refractivity contribution in [3.8, 4) is 5.69 Å². The van der Waals surface area contributed by atoms with Gasteiger partial charge in [0.05, 0.1) is 5.69 Å². The molecule has 4 nitrogen and oxygen atoms in total. The fourth-order valence-electron chi connectivity index (χ4n) is 1.70. The molecule has 0 radical (unpaired) electrons. The zero-order chi connectivity index (χ0) is 13.1. The Morgan fingerprint density at radius 1 is 1.44 bits per heavy atom. The molecule has 0 unspecified atom stereocenters. The molecule has 5 heteroatoms. The lowest BCUT2D eigenvalue weighted by Gasteiger charge is -2.06. The van der Waals surface area contributed by atoms with Gasteiger partial charge in [-0.1, -0.05) is 12.1 Å². The molecule has 0 bridgehead atoms. The van der Waals surface area contributed by atoms with Crippen LogP contribution < -0.4 is 5.32 Å². The number of benzene rings is 1. The first-order valence-corrected chi connectivity index (χ1v) is 6.52. The number of hydrogen-bond acceptors (Lipinski definition) is 2. The molecular formula is C13H14BrN3O. The molecule has 0 aliphatic carbocycles. The maximum atomic E-state index is 11.7. The Labute approximate surface area is 114 Å². The van der Waals surface area contributed by atoms with E-state index in [0.29, 0.717) is 12.2 Å². The number of nitrogens with one attached hydrogen (secondary N) is 1. The first-order valence-electron chi connectivity index (χ1n) is 5.73. The van der Waals surface area contributed by atoms with Gasteiger partial charge in [-0.05, 0) is 48.0 Å². The molecule has 1 heterocycles. The number of halogens is 1. The molecule has 1 aromatic carbocycles. The van der Waals surface area contributed by atoms with Crippen molar-refractivity contribution in [1.29, 1.82) is 0 Å². The lowest BCUT2D eigenvalue weighted by Crippen LogP contribution is -2.23. The number of carbonyl (C=O) groups is 1. The van der Waals surface area contributed by atoms with Gasteiger partial charge in [-0.15, -0.1) is 0 Å². The molecule has 1 aromatic heterocycles. The Morgan fingerprint density at radius 2 is 2.17 bits per heavy atom. The van der Waals surface area contributed by atoms with Crippen LogP contribution in [0.5, 0.6) is 0 Å². The van der Waals surface area contributed by atoms with E-state index in [1.165, 1.54) is 0 Å². The van der Waals surface area contributed by atoms with Crippen LogP contribution in [0.15, 0.2) is 34.8 Å². The van der Waals surface area contributed by atoms with Crippen LogP contribution in [0.1, 0.15) is 23.1 Å². The van der Waals surface area contributed by atoms with E-state index in [2.05, 4.69) is 26.3 Å². The maximum Gasteiger partial charge on any atom is 0.271 e. The third-order valence-electron chi connectivity index (χ3n) is 2.54. The minimum atomic E-state index is -0.147. The number of carbonyl (C=O) groups excluding carboxylic acids is 1. The molecule has 2 aromatic rings. The molecule has 1 N–H and O–H groups in total. The fraction of sp³-hybridized carbons (Fsp3) is 0.231. The van der Waals surface area contributed by atoms with Crippen molar-refractivity contribution in [3.05, 3.63) is 46.2 Å². The standard InChI is InChI=1S/C13H14BrN3O/c1-3-15-13(18)11-8-9(2)17(16-11)12-7-5-4-6-10(12)14/h4-8H,3H2,1-2H3,(H,15,18). The third kappa shape index (κ3) is 2.46. The van der Waals surface area contributed by atoms with Crippen molar-refractivity contribution in [2.24, 2.45) is 0 Å². The highest BCUT2D eigenvalue weighted by Crippen LogP contribution is 2.21. The molecule has 18 heavy (non-hydrogen) atoms. The van der Waals surface area contributed by atoms with Crippen LogP contribution in [-0.4, -0.2) is 22.2 Å². The van der Waals surface area contributed by atoms with E-state index in [0.717, 1.165) is 15.9 Å². The van der Waals surface area contributed by atoms with Crippen molar-refractivity contribution in [1.82, 2.24) is 15.1 Å². The summed E-state index contributed by atoms with van der Waals surface area (Å²) in [5, 5.41) is 7.08. The highest BCUT2D eigenvalue weighted by atomic mass is 79.9. The number of amides is 1. The number of aromatic nitrogens is 2. The van der Waals surface area contributed by atoms with Gasteiger partial charge < -0.3 is 5.32 Å². The molecule has 0 saturated heterocycles. The lowest BCUT2D eigenvalue weighted by atomic mass is 10.3. The first kappa shape index (κ1) is 12.8. The number of aryl methyl sites for hydroxylation is 1. The van der Waals surface area contributed by atoms with Gasteiger partial charge in [0.25, 0.3) is 5.91 Å². The van der Waals surface area contributed by atoms with Gasteiger partial charge in [0.1, 0.15) is 0 Å². The second-order valence-corrected chi connectivity index (χ2v) is 4.75. The number of para-hydroxylation sites is 1. The van der Waals surface area contributed by atoms with E-state index in [9.17, 15) is 4.79 Å². The monoisotopic (exact) mass is 307 g/mol. The van der Waals surface area contributed by atoms with Gasteiger partial charge in [-0.3, -0.25) is 4.79 Å². The van der Waals surface area contributed by atoms with Crippen LogP contribution in [0.4, 0.5) is 0 Å². The molecule has 0 aliphatic heterocycles. The van der Waals surface area contributed by atoms with Gasteiger partial charge in [0, 0.05) is 16.7 Å². The van der Waals surface area contributed by atoms with Crippen molar-refractivity contribution in [2.45, 2.75) is 13.8 Å². The van der Waals surface area contributed by atoms with E-state index in [-0.39, 0.29) is 5.91 Å². The summed E-state index contributed by atoms with van der Waals surface area (Å²) >= 11 is 3.48. The SMILES string of the molecule is CCNC(=O)c1cc(C)n(-c2ccccc2Br)n1. The van der Waals surface area contributed by atoms with Crippen molar-refractivity contribution in [2.75, 3.05) is 6.54 Å². The molecule has 0 saturated carbocycles. The second-order valence-electron chi connectivity index (χ2n) is 3.89. The Balaban J connectivity index is 2.42. The van der Waals surface area contributed by atoms with E-state index in [1.807, 2.05) is 38.1 Å². The van der Waals surface area contributed by atoms with Crippen LogP contribution in [0, 0.1) is 6.92 Å². The van der Waals surface area contributed by atoms with Crippen molar-refractivity contribution in [3.63, 3.8) is 0 Å². The highest BCUT2D eigenvalue weighted by molar-refractivity contribution is 9.10. The van der Waals surface area contributed by atoms with E-state index < -0.39 is 0 Å². The average molecular weight is 308 g/mol. The minimum absolute atomic E-state index is 0.147. The second kappa shape index (κ2) is 5.35. The number of nitrogens with zero attached hydrogens (tertiary/aromatic N) is 2. The van der Waals surface area contributed by atoms with E-state index in [4.69, 9.17) is 0 Å². The lowest BCUT2D eigenvalue weighted by molar-refractivity contribution is 0.0950. The topological polar surface area (TPSA) is 46.9 Å². The van der Waals surface area contributed by atoms with Gasteiger partial charge in [0.15, 0.2) is 5.69 Å². The summed E-state index contributed by atoms with van der Waals surface area (Å²) in [5.41, 5.74) is 2.28. The van der Waals surface area contributed by atoms with Crippen LogP contribution >= 0.6 is 15.9 Å². The molecule has 0 atom stereocenters. The normalized spacial score (nSPS) is 10.4. The molecule has 0 spiro atoms. The van der Waals surface area contributed by atoms with Gasteiger partial charge in [-0.2, -0.15) is 5.10 Å². The molecule has 1 amide bonds. The largest absolute Gasteiger partial charge is 0.351 e. The molecule has 0 aliphatic rings. The first-order chi connectivity index (χ1) is 8.63. The zero-order valence-electron chi connectivity index (χ0n) is 10.3. The molecule has 94 valence electrons. The smallest absolute Gasteiger partial charge is 0.271 e. The van der Waals surface area contributed by atoms with E-state index in [1.54, 1.807) is 10.7 Å². The summed E-state index contributed by atoms with van der Waals surface area (Å²) in [7, 11) is 0. The summed E-state index contributed by atoms with van der Waals surface area (Å²) in [6, 6.07) is 9.56. The quantitative estimate of drug-likeness (QED) is 0.947. The number of rotatable bonds is 3. The Bertz CT molecular complexity index is 577. The molecule has 0 fully saturated rings. The van der Waals surface area contributed by atoms with Gasteiger partial charge >= 0.3 is 0 Å². The highest BCUT2D eigenvalue weighted by Gasteiger charge is 2.13. The zero-order valence-corrected chi connectivity index (χ0v) is 11.9. The Morgan fingerprint density at radius 3 is 2.83 bits per heavy atom. The Kier molecular flexibility index (Phi) is 3.81. The van der Waals surface area contributed by atoms with Crippen LogP contribution in [0.3, 0.4) is 0 Å². The summed E-state index contributed by atoms with van der Waals surface area (Å²) < 4.78 is 2.70. The van der Waals surface area contributed by atoms with Gasteiger partial charge in [0.2, 0.25) is 0 Å². The van der Waals surface area contributed by atoms with Crippen LogP contribution in [0.2, 0.25) is 0 Å². The summed E-state index contributed by atoms with van der Waals surface area (Å²) in [6.45, 7) is 4.41. The van der Waals surface area contributed by atoms with Crippen molar-refractivity contribution >= 4 is 21.8 Å².